The third-order valence-electron chi connectivity index (χ3n) is 5.64. The van der Waals surface area contributed by atoms with Crippen LogP contribution in [0.5, 0.6) is 0 Å². The number of carbonyl (C=O) groups is 1. The molecule has 0 unspecified atom stereocenters. The van der Waals surface area contributed by atoms with E-state index in [1.165, 1.54) is 22.3 Å². The SMILES string of the molecule is O=C(CN1Cc2ccccc2-c2ccccc2C1)Nc1ccnn1Cc1ccccc1. The van der Waals surface area contributed by atoms with Gasteiger partial charge < -0.3 is 5.32 Å². The topological polar surface area (TPSA) is 50.2 Å². The van der Waals surface area contributed by atoms with Gasteiger partial charge in [0.25, 0.3) is 0 Å². The maximum Gasteiger partial charge on any atom is 0.239 e. The number of carbonyl (C=O) groups excluding carboxylic acids is 1. The zero-order chi connectivity index (χ0) is 21.0. The molecule has 1 aromatic heterocycles. The maximum atomic E-state index is 12.9. The fraction of sp³-hybridized carbons (Fsp3) is 0.154. The number of hydrogen-bond donors (Lipinski definition) is 1. The van der Waals surface area contributed by atoms with Gasteiger partial charge in [-0.05, 0) is 27.8 Å². The number of hydrogen-bond acceptors (Lipinski definition) is 3. The van der Waals surface area contributed by atoms with Crippen molar-refractivity contribution in [2.75, 3.05) is 11.9 Å². The molecule has 2 heterocycles. The zero-order valence-corrected chi connectivity index (χ0v) is 17.2. The van der Waals surface area contributed by atoms with Crippen LogP contribution in [0.2, 0.25) is 0 Å². The van der Waals surface area contributed by atoms with E-state index >= 15 is 0 Å². The summed E-state index contributed by atoms with van der Waals surface area (Å²) >= 11 is 0. The Morgan fingerprint density at radius 3 is 2.10 bits per heavy atom. The lowest BCUT2D eigenvalue weighted by Gasteiger charge is -2.20. The number of aromatic nitrogens is 2. The Labute approximate surface area is 182 Å². The van der Waals surface area contributed by atoms with E-state index in [9.17, 15) is 4.79 Å². The van der Waals surface area contributed by atoms with Gasteiger partial charge in [0.15, 0.2) is 0 Å². The van der Waals surface area contributed by atoms with Gasteiger partial charge in [0.2, 0.25) is 5.91 Å². The Kier molecular flexibility index (Phi) is 5.33. The van der Waals surface area contributed by atoms with Crippen molar-refractivity contribution in [3.8, 4) is 11.1 Å². The Bertz CT molecular complexity index is 1150. The largest absolute Gasteiger partial charge is 0.310 e. The Hall–Kier alpha value is -3.70. The Morgan fingerprint density at radius 2 is 1.42 bits per heavy atom. The van der Waals surface area contributed by atoms with Crippen LogP contribution in [-0.2, 0) is 24.4 Å². The van der Waals surface area contributed by atoms with E-state index in [4.69, 9.17) is 0 Å². The van der Waals surface area contributed by atoms with Crippen molar-refractivity contribution in [1.29, 1.82) is 0 Å². The van der Waals surface area contributed by atoms with Gasteiger partial charge in [0.1, 0.15) is 5.82 Å². The van der Waals surface area contributed by atoms with E-state index in [1.807, 2.05) is 28.9 Å². The molecule has 5 rings (SSSR count). The number of nitrogens with zero attached hydrogens (tertiary/aromatic N) is 3. The van der Waals surface area contributed by atoms with Gasteiger partial charge >= 0.3 is 0 Å². The lowest BCUT2D eigenvalue weighted by atomic mass is 9.97. The molecule has 1 N–H and O–H groups in total. The number of amides is 1. The van der Waals surface area contributed by atoms with Gasteiger partial charge in [-0.25, -0.2) is 4.68 Å². The molecular weight excluding hydrogens is 384 g/mol. The molecule has 0 saturated carbocycles. The van der Waals surface area contributed by atoms with E-state index in [1.54, 1.807) is 6.20 Å². The van der Waals surface area contributed by atoms with Crippen LogP contribution in [0.25, 0.3) is 11.1 Å². The van der Waals surface area contributed by atoms with Gasteiger partial charge in [-0.2, -0.15) is 5.10 Å². The number of anilines is 1. The van der Waals surface area contributed by atoms with E-state index in [0.29, 0.717) is 18.9 Å². The lowest BCUT2D eigenvalue weighted by molar-refractivity contribution is -0.117. The molecule has 0 spiro atoms. The normalized spacial score (nSPS) is 13.2. The first-order valence-electron chi connectivity index (χ1n) is 10.5. The van der Waals surface area contributed by atoms with Crippen LogP contribution in [0.4, 0.5) is 5.82 Å². The summed E-state index contributed by atoms with van der Waals surface area (Å²) in [5.41, 5.74) is 6.13. The summed E-state index contributed by atoms with van der Waals surface area (Å²) in [6.45, 7) is 2.41. The molecule has 0 aliphatic carbocycles. The minimum absolute atomic E-state index is 0.0355. The Balaban J connectivity index is 1.31. The highest BCUT2D eigenvalue weighted by molar-refractivity contribution is 5.91. The second-order valence-corrected chi connectivity index (χ2v) is 7.87. The van der Waals surface area contributed by atoms with Crippen molar-refractivity contribution in [1.82, 2.24) is 14.7 Å². The predicted octanol–water partition coefficient (Wildman–Crippen LogP) is 4.55. The highest BCUT2D eigenvalue weighted by Crippen LogP contribution is 2.32. The van der Waals surface area contributed by atoms with Gasteiger partial charge in [-0.3, -0.25) is 9.69 Å². The molecule has 0 atom stereocenters. The number of rotatable bonds is 5. The first-order valence-corrected chi connectivity index (χ1v) is 10.5. The molecule has 1 aliphatic heterocycles. The third kappa shape index (κ3) is 4.27. The van der Waals surface area contributed by atoms with Crippen molar-refractivity contribution >= 4 is 11.7 Å². The van der Waals surface area contributed by atoms with Crippen molar-refractivity contribution in [2.24, 2.45) is 0 Å². The van der Waals surface area contributed by atoms with Gasteiger partial charge in [0.05, 0.1) is 19.3 Å². The van der Waals surface area contributed by atoms with E-state index in [-0.39, 0.29) is 5.91 Å². The van der Waals surface area contributed by atoms with Crippen LogP contribution in [-0.4, -0.2) is 27.1 Å². The summed E-state index contributed by atoms with van der Waals surface area (Å²) in [7, 11) is 0. The molecule has 5 nitrogen and oxygen atoms in total. The molecule has 1 amide bonds. The van der Waals surface area contributed by atoms with Gasteiger partial charge in [0, 0.05) is 19.2 Å². The average Bonchev–Trinajstić information content (AvgIpc) is 3.14. The summed E-state index contributed by atoms with van der Waals surface area (Å²) in [6, 6.07) is 28.9. The van der Waals surface area contributed by atoms with Crippen LogP contribution in [0.3, 0.4) is 0 Å². The predicted molar refractivity (Wildman–Crippen MR) is 122 cm³/mol. The third-order valence-corrected chi connectivity index (χ3v) is 5.64. The van der Waals surface area contributed by atoms with Gasteiger partial charge in [-0.1, -0.05) is 78.9 Å². The molecule has 4 aromatic rings. The van der Waals surface area contributed by atoms with Crippen molar-refractivity contribution in [3.05, 3.63) is 108 Å². The average molecular weight is 409 g/mol. The minimum atomic E-state index is -0.0355. The quantitative estimate of drug-likeness (QED) is 0.527. The smallest absolute Gasteiger partial charge is 0.239 e. The fourth-order valence-electron chi connectivity index (χ4n) is 4.20. The first-order chi connectivity index (χ1) is 15.3. The molecule has 0 fully saturated rings. The van der Waals surface area contributed by atoms with E-state index in [0.717, 1.165) is 18.7 Å². The van der Waals surface area contributed by atoms with E-state index < -0.39 is 0 Å². The van der Waals surface area contributed by atoms with Crippen LogP contribution < -0.4 is 5.32 Å². The summed E-state index contributed by atoms with van der Waals surface area (Å²) in [5, 5.41) is 7.42. The molecule has 5 heteroatoms. The van der Waals surface area contributed by atoms with Crippen molar-refractivity contribution in [2.45, 2.75) is 19.6 Å². The van der Waals surface area contributed by atoms with Crippen LogP contribution >= 0.6 is 0 Å². The molecule has 31 heavy (non-hydrogen) atoms. The number of fused-ring (bicyclic) bond motifs is 3. The summed E-state index contributed by atoms with van der Waals surface area (Å²) in [4.78, 5) is 15.1. The van der Waals surface area contributed by atoms with Crippen molar-refractivity contribution < 1.29 is 4.79 Å². The van der Waals surface area contributed by atoms with E-state index in [2.05, 4.69) is 76.0 Å². The van der Waals surface area contributed by atoms with Crippen molar-refractivity contribution in [3.63, 3.8) is 0 Å². The highest BCUT2D eigenvalue weighted by atomic mass is 16.2. The molecule has 3 aromatic carbocycles. The molecule has 0 saturated heterocycles. The molecule has 1 aliphatic rings. The van der Waals surface area contributed by atoms with Crippen LogP contribution in [0, 0.1) is 0 Å². The summed E-state index contributed by atoms with van der Waals surface area (Å²) in [5.74, 6) is 0.677. The molecule has 0 bridgehead atoms. The molecule has 0 radical (unpaired) electrons. The monoisotopic (exact) mass is 408 g/mol. The lowest BCUT2D eigenvalue weighted by Crippen LogP contribution is -2.32. The molecule has 154 valence electrons. The maximum absolute atomic E-state index is 12.9. The van der Waals surface area contributed by atoms with Crippen LogP contribution in [0.15, 0.2) is 91.1 Å². The highest BCUT2D eigenvalue weighted by Gasteiger charge is 2.21. The first kappa shape index (κ1) is 19.3. The number of benzene rings is 3. The second kappa shape index (κ2) is 8.58. The Morgan fingerprint density at radius 1 is 0.806 bits per heavy atom. The second-order valence-electron chi connectivity index (χ2n) is 7.87. The summed E-state index contributed by atoms with van der Waals surface area (Å²) < 4.78 is 1.82. The fourth-order valence-corrected chi connectivity index (χ4v) is 4.20. The standard InChI is InChI=1S/C26H24N4O/c31-26(28-25-14-15-27-30(25)16-20-8-2-1-3-9-20)19-29-17-21-10-4-6-12-23(21)24-13-7-5-11-22(24)18-29/h1-15H,16-19H2,(H,28,31). The summed E-state index contributed by atoms with van der Waals surface area (Å²) in [6.07, 6.45) is 1.72. The van der Waals surface area contributed by atoms with Crippen LogP contribution in [0.1, 0.15) is 16.7 Å². The zero-order valence-electron chi connectivity index (χ0n) is 17.2. The molecular formula is C26H24N4O. The number of nitrogens with one attached hydrogen (secondary N) is 1. The minimum Gasteiger partial charge on any atom is -0.310 e. The van der Waals surface area contributed by atoms with Gasteiger partial charge in [-0.15, -0.1) is 0 Å².